The molecule has 0 spiro atoms. The molecular weight excluding hydrogens is 234 g/mol. The second kappa shape index (κ2) is 5.27. The molecule has 0 aliphatic carbocycles. The fourth-order valence-corrected chi connectivity index (χ4v) is 1.53. The average Bonchev–Trinajstić information content (AvgIpc) is 2.84. The van der Waals surface area contributed by atoms with Gasteiger partial charge in [-0.25, -0.2) is 0 Å². The van der Waals surface area contributed by atoms with Crippen LogP contribution in [0.3, 0.4) is 0 Å². The second-order valence-electron chi connectivity index (χ2n) is 3.86. The van der Waals surface area contributed by atoms with Gasteiger partial charge in [0.05, 0.1) is 19.2 Å². The molecule has 0 radical (unpaired) electrons. The van der Waals surface area contributed by atoms with Crippen molar-refractivity contribution in [3.63, 3.8) is 0 Å². The Labute approximate surface area is 104 Å². The van der Waals surface area contributed by atoms with Crippen molar-refractivity contribution in [2.75, 3.05) is 0 Å². The van der Waals surface area contributed by atoms with Gasteiger partial charge in [0.25, 0.3) is 0 Å². The van der Waals surface area contributed by atoms with Crippen molar-refractivity contribution in [1.82, 2.24) is 5.32 Å². The Kier molecular flexibility index (Phi) is 3.52. The first-order valence-electron chi connectivity index (χ1n) is 5.45. The Bertz CT molecular complexity index is 534. The van der Waals surface area contributed by atoms with Crippen LogP contribution in [0.1, 0.15) is 11.3 Å². The molecule has 1 aromatic heterocycles. The normalized spacial score (nSPS) is 10.2. The fraction of sp³-hybridized carbons (Fsp3) is 0.154. The first kappa shape index (κ1) is 12.0. The lowest BCUT2D eigenvalue weighted by Crippen LogP contribution is -2.24. The van der Waals surface area contributed by atoms with E-state index in [0.29, 0.717) is 17.9 Å². The minimum atomic E-state index is -0.230. The number of carbonyl (C=O) groups is 1. The third-order valence-electron chi connectivity index (χ3n) is 2.44. The molecule has 0 bridgehead atoms. The molecule has 0 fully saturated rings. The van der Waals surface area contributed by atoms with E-state index >= 15 is 0 Å². The summed E-state index contributed by atoms with van der Waals surface area (Å²) in [5.74, 6) is 0.0643. The third-order valence-corrected chi connectivity index (χ3v) is 2.44. The highest BCUT2D eigenvalue weighted by Crippen LogP contribution is 2.24. The smallest absolute Gasteiger partial charge is 0.224 e. The summed E-state index contributed by atoms with van der Waals surface area (Å²) in [6.45, 7) is 0.329. The predicted molar refractivity (Wildman–Crippen MR) is 64.0 cm³/mol. The topological polar surface area (TPSA) is 82.7 Å². The number of phenolic OH excluding ortho intramolecular Hbond substituents is 2. The quantitative estimate of drug-likeness (QED) is 0.716. The second-order valence-corrected chi connectivity index (χ2v) is 3.86. The molecule has 1 heterocycles. The number of phenols is 2. The molecule has 94 valence electrons. The maximum Gasteiger partial charge on any atom is 0.224 e. The zero-order chi connectivity index (χ0) is 13.0. The molecule has 3 N–H and O–H groups in total. The van der Waals surface area contributed by atoms with E-state index in [1.807, 2.05) is 0 Å². The molecule has 2 rings (SSSR count). The van der Waals surface area contributed by atoms with E-state index in [9.17, 15) is 9.90 Å². The number of nitrogens with one attached hydrogen (secondary N) is 1. The van der Waals surface area contributed by atoms with Gasteiger partial charge in [0.1, 0.15) is 5.76 Å². The Morgan fingerprint density at radius 3 is 2.72 bits per heavy atom. The summed E-state index contributed by atoms with van der Waals surface area (Å²) in [5.41, 5.74) is 0.627. The Hall–Kier alpha value is -2.43. The van der Waals surface area contributed by atoms with E-state index in [0.717, 1.165) is 0 Å². The van der Waals surface area contributed by atoms with E-state index in [-0.39, 0.29) is 23.8 Å². The average molecular weight is 247 g/mol. The number of carbonyl (C=O) groups excluding carboxylic acids is 1. The van der Waals surface area contributed by atoms with Crippen molar-refractivity contribution in [3.8, 4) is 11.5 Å². The molecule has 1 amide bonds. The van der Waals surface area contributed by atoms with Crippen molar-refractivity contribution >= 4 is 5.91 Å². The van der Waals surface area contributed by atoms with E-state index in [1.165, 1.54) is 12.1 Å². The monoisotopic (exact) mass is 247 g/mol. The van der Waals surface area contributed by atoms with Crippen LogP contribution in [0.4, 0.5) is 0 Å². The van der Waals surface area contributed by atoms with Crippen LogP contribution in [0.15, 0.2) is 41.0 Å². The number of hydrogen-bond acceptors (Lipinski definition) is 4. The molecule has 0 unspecified atom stereocenters. The van der Waals surface area contributed by atoms with Crippen LogP contribution in [-0.4, -0.2) is 16.1 Å². The van der Waals surface area contributed by atoms with Crippen LogP contribution >= 0.6 is 0 Å². The summed E-state index contributed by atoms with van der Waals surface area (Å²) in [6, 6.07) is 7.82. The lowest BCUT2D eigenvalue weighted by atomic mass is 10.1. The van der Waals surface area contributed by atoms with Gasteiger partial charge in [-0.2, -0.15) is 0 Å². The van der Waals surface area contributed by atoms with Crippen LogP contribution in [0.5, 0.6) is 11.5 Å². The van der Waals surface area contributed by atoms with Crippen molar-refractivity contribution in [1.29, 1.82) is 0 Å². The molecule has 5 nitrogen and oxygen atoms in total. The number of aromatic hydroxyl groups is 2. The first-order valence-corrected chi connectivity index (χ1v) is 5.45. The highest BCUT2D eigenvalue weighted by Gasteiger charge is 2.06. The van der Waals surface area contributed by atoms with Gasteiger partial charge in [-0.1, -0.05) is 6.07 Å². The Morgan fingerprint density at radius 1 is 1.22 bits per heavy atom. The van der Waals surface area contributed by atoms with Gasteiger partial charge in [0, 0.05) is 0 Å². The molecule has 0 saturated carbocycles. The zero-order valence-electron chi connectivity index (χ0n) is 9.59. The molecule has 0 aliphatic heterocycles. The lowest BCUT2D eigenvalue weighted by Gasteiger charge is -2.04. The summed E-state index contributed by atoms with van der Waals surface area (Å²) in [6.07, 6.45) is 1.67. The molecule has 0 atom stereocenters. The summed E-state index contributed by atoms with van der Waals surface area (Å²) in [5, 5.41) is 21.1. The summed E-state index contributed by atoms with van der Waals surface area (Å²) in [7, 11) is 0. The standard InChI is InChI=1S/C13H13NO4/c15-11-4-3-9(6-12(11)16)7-13(17)14-8-10-2-1-5-18-10/h1-6,15-16H,7-8H2,(H,14,17). The van der Waals surface area contributed by atoms with E-state index in [4.69, 9.17) is 9.52 Å². The molecular formula is C13H13NO4. The van der Waals surface area contributed by atoms with Crippen molar-refractivity contribution in [2.24, 2.45) is 0 Å². The predicted octanol–water partition coefficient (Wildman–Crippen LogP) is 1.55. The summed E-state index contributed by atoms with van der Waals surface area (Å²) < 4.78 is 5.08. The van der Waals surface area contributed by atoms with Gasteiger partial charge >= 0.3 is 0 Å². The van der Waals surface area contributed by atoms with Gasteiger partial charge in [0.2, 0.25) is 5.91 Å². The van der Waals surface area contributed by atoms with Crippen LogP contribution < -0.4 is 5.32 Å². The highest BCUT2D eigenvalue weighted by molar-refractivity contribution is 5.78. The minimum absolute atomic E-state index is 0.133. The molecule has 0 aliphatic rings. The van der Waals surface area contributed by atoms with Crippen LogP contribution in [0.25, 0.3) is 0 Å². The highest BCUT2D eigenvalue weighted by atomic mass is 16.3. The van der Waals surface area contributed by atoms with Crippen molar-refractivity contribution in [2.45, 2.75) is 13.0 Å². The van der Waals surface area contributed by atoms with E-state index in [1.54, 1.807) is 24.5 Å². The van der Waals surface area contributed by atoms with Gasteiger partial charge in [-0.15, -0.1) is 0 Å². The Balaban J connectivity index is 1.88. The minimum Gasteiger partial charge on any atom is -0.504 e. The Morgan fingerprint density at radius 2 is 2.06 bits per heavy atom. The van der Waals surface area contributed by atoms with E-state index in [2.05, 4.69) is 5.32 Å². The zero-order valence-corrected chi connectivity index (χ0v) is 9.59. The number of hydrogen-bond donors (Lipinski definition) is 3. The number of benzene rings is 1. The summed E-state index contributed by atoms with van der Waals surface area (Å²) >= 11 is 0. The van der Waals surface area contributed by atoms with Crippen LogP contribution in [-0.2, 0) is 17.8 Å². The maximum absolute atomic E-state index is 11.6. The van der Waals surface area contributed by atoms with Gasteiger partial charge in [-0.05, 0) is 29.8 Å². The number of amides is 1. The van der Waals surface area contributed by atoms with Gasteiger partial charge in [-0.3, -0.25) is 4.79 Å². The first-order chi connectivity index (χ1) is 8.65. The maximum atomic E-state index is 11.6. The van der Waals surface area contributed by atoms with Gasteiger partial charge < -0.3 is 19.9 Å². The summed E-state index contributed by atoms with van der Waals surface area (Å²) in [4.78, 5) is 11.6. The van der Waals surface area contributed by atoms with E-state index < -0.39 is 0 Å². The van der Waals surface area contributed by atoms with Gasteiger partial charge in [0.15, 0.2) is 11.5 Å². The van der Waals surface area contributed by atoms with Crippen LogP contribution in [0, 0.1) is 0 Å². The molecule has 5 heteroatoms. The van der Waals surface area contributed by atoms with Crippen molar-refractivity contribution in [3.05, 3.63) is 47.9 Å². The molecule has 1 aromatic carbocycles. The van der Waals surface area contributed by atoms with Crippen molar-refractivity contribution < 1.29 is 19.4 Å². The SMILES string of the molecule is O=C(Cc1ccc(O)c(O)c1)NCc1ccco1. The number of rotatable bonds is 4. The molecule has 18 heavy (non-hydrogen) atoms. The third kappa shape index (κ3) is 3.04. The molecule has 2 aromatic rings. The lowest BCUT2D eigenvalue weighted by molar-refractivity contribution is -0.120. The number of furan rings is 1. The molecule has 0 saturated heterocycles. The largest absolute Gasteiger partial charge is 0.504 e. The fourth-order valence-electron chi connectivity index (χ4n) is 1.53. The van der Waals surface area contributed by atoms with Crippen LogP contribution in [0.2, 0.25) is 0 Å².